The van der Waals surface area contributed by atoms with Crippen LogP contribution in [0.3, 0.4) is 0 Å². The van der Waals surface area contributed by atoms with E-state index in [2.05, 4.69) is 9.88 Å². The quantitative estimate of drug-likeness (QED) is 0.694. The van der Waals surface area contributed by atoms with Gasteiger partial charge in [0.25, 0.3) is 5.91 Å². The molecule has 0 aliphatic carbocycles. The Morgan fingerprint density at radius 3 is 2.56 bits per heavy atom. The summed E-state index contributed by atoms with van der Waals surface area (Å²) in [5.74, 6) is 0.969. The SMILES string of the molecule is Cc1cccc(C(=O)N2CCN(c3nccn3-c3cccc(Cl)c3)CC2)c1. The summed E-state index contributed by atoms with van der Waals surface area (Å²) in [5.41, 5.74) is 2.83. The molecule has 1 saturated heterocycles. The highest BCUT2D eigenvalue weighted by Gasteiger charge is 2.24. The van der Waals surface area contributed by atoms with Crippen molar-refractivity contribution in [1.82, 2.24) is 14.5 Å². The van der Waals surface area contributed by atoms with Crippen LogP contribution in [0.5, 0.6) is 0 Å². The van der Waals surface area contributed by atoms with Gasteiger partial charge in [0.05, 0.1) is 0 Å². The first kappa shape index (κ1) is 17.6. The van der Waals surface area contributed by atoms with Gasteiger partial charge in [-0.1, -0.05) is 35.4 Å². The van der Waals surface area contributed by atoms with Crippen LogP contribution in [0.1, 0.15) is 15.9 Å². The largest absolute Gasteiger partial charge is 0.338 e. The number of carbonyl (C=O) groups is 1. The van der Waals surface area contributed by atoms with E-state index >= 15 is 0 Å². The van der Waals surface area contributed by atoms with E-state index in [-0.39, 0.29) is 5.91 Å². The molecule has 6 heteroatoms. The van der Waals surface area contributed by atoms with Crippen molar-refractivity contribution >= 4 is 23.5 Å². The molecular weight excluding hydrogens is 360 g/mol. The van der Waals surface area contributed by atoms with Gasteiger partial charge in [0, 0.05) is 54.8 Å². The van der Waals surface area contributed by atoms with E-state index in [9.17, 15) is 4.79 Å². The minimum Gasteiger partial charge on any atom is -0.338 e. The molecule has 2 heterocycles. The summed E-state index contributed by atoms with van der Waals surface area (Å²) in [6, 6.07) is 15.5. The summed E-state index contributed by atoms with van der Waals surface area (Å²) in [6.07, 6.45) is 3.73. The number of hydrogen-bond donors (Lipinski definition) is 0. The van der Waals surface area contributed by atoms with Crippen molar-refractivity contribution in [3.8, 4) is 5.69 Å². The fraction of sp³-hybridized carbons (Fsp3) is 0.238. The van der Waals surface area contributed by atoms with Crippen LogP contribution in [-0.4, -0.2) is 46.5 Å². The first-order chi connectivity index (χ1) is 13.1. The Morgan fingerprint density at radius 1 is 1.04 bits per heavy atom. The summed E-state index contributed by atoms with van der Waals surface area (Å²) in [7, 11) is 0. The molecule has 1 aliphatic heterocycles. The molecule has 0 unspecified atom stereocenters. The number of aromatic nitrogens is 2. The van der Waals surface area contributed by atoms with Crippen LogP contribution < -0.4 is 4.90 Å². The Balaban J connectivity index is 1.47. The number of anilines is 1. The minimum absolute atomic E-state index is 0.0940. The minimum atomic E-state index is 0.0940. The third-order valence-corrected chi connectivity index (χ3v) is 5.06. The zero-order chi connectivity index (χ0) is 18.8. The molecule has 0 saturated carbocycles. The number of imidazole rings is 1. The Labute approximate surface area is 163 Å². The Morgan fingerprint density at radius 2 is 1.81 bits per heavy atom. The van der Waals surface area contributed by atoms with Crippen LogP contribution in [0.2, 0.25) is 5.02 Å². The smallest absolute Gasteiger partial charge is 0.253 e. The van der Waals surface area contributed by atoms with Crippen molar-refractivity contribution in [2.24, 2.45) is 0 Å². The molecule has 0 spiro atoms. The van der Waals surface area contributed by atoms with Crippen molar-refractivity contribution in [2.45, 2.75) is 6.92 Å². The zero-order valence-corrected chi connectivity index (χ0v) is 15.9. The summed E-state index contributed by atoms with van der Waals surface area (Å²) in [6.45, 7) is 4.85. The van der Waals surface area contributed by atoms with Gasteiger partial charge in [0.15, 0.2) is 0 Å². The lowest BCUT2D eigenvalue weighted by atomic mass is 10.1. The predicted molar refractivity (Wildman–Crippen MR) is 108 cm³/mol. The lowest BCUT2D eigenvalue weighted by Gasteiger charge is -2.35. The van der Waals surface area contributed by atoms with E-state index in [0.717, 1.165) is 35.9 Å². The van der Waals surface area contributed by atoms with E-state index < -0.39 is 0 Å². The van der Waals surface area contributed by atoms with Crippen LogP contribution in [0.4, 0.5) is 5.95 Å². The molecule has 1 amide bonds. The van der Waals surface area contributed by atoms with E-state index in [1.807, 2.05) is 71.1 Å². The van der Waals surface area contributed by atoms with Crippen molar-refractivity contribution in [2.75, 3.05) is 31.1 Å². The van der Waals surface area contributed by atoms with Gasteiger partial charge in [-0.25, -0.2) is 4.98 Å². The number of piperazine rings is 1. The molecule has 1 aliphatic rings. The number of nitrogens with zero attached hydrogens (tertiary/aromatic N) is 4. The summed E-state index contributed by atoms with van der Waals surface area (Å²) < 4.78 is 2.03. The summed E-state index contributed by atoms with van der Waals surface area (Å²) in [4.78, 5) is 21.4. The normalized spacial score (nSPS) is 14.4. The Kier molecular flexibility index (Phi) is 4.86. The Bertz CT molecular complexity index is 960. The average molecular weight is 381 g/mol. The maximum absolute atomic E-state index is 12.7. The van der Waals surface area contributed by atoms with Gasteiger partial charge in [-0.05, 0) is 37.3 Å². The maximum Gasteiger partial charge on any atom is 0.253 e. The van der Waals surface area contributed by atoms with E-state index in [1.165, 1.54) is 0 Å². The van der Waals surface area contributed by atoms with Crippen LogP contribution in [0.25, 0.3) is 5.69 Å². The van der Waals surface area contributed by atoms with Gasteiger partial charge in [-0.3, -0.25) is 9.36 Å². The molecule has 0 atom stereocenters. The molecule has 1 aromatic heterocycles. The lowest BCUT2D eigenvalue weighted by molar-refractivity contribution is 0.0746. The van der Waals surface area contributed by atoms with Gasteiger partial charge in [-0.15, -0.1) is 0 Å². The van der Waals surface area contributed by atoms with E-state index in [4.69, 9.17) is 11.6 Å². The van der Waals surface area contributed by atoms with Crippen molar-refractivity contribution in [3.63, 3.8) is 0 Å². The second-order valence-electron chi connectivity index (χ2n) is 6.73. The van der Waals surface area contributed by atoms with Crippen LogP contribution >= 0.6 is 11.6 Å². The molecule has 4 rings (SSSR count). The van der Waals surface area contributed by atoms with Gasteiger partial charge >= 0.3 is 0 Å². The number of benzene rings is 2. The van der Waals surface area contributed by atoms with Crippen molar-refractivity contribution in [1.29, 1.82) is 0 Å². The summed E-state index contributed by atoms with van der Waals surface area (Å²) >= 11 is 6.13. The number of carbonyl (C=O) groups excluding carboxylic acids is 1. The number of hydrogen-bond acceptors (Lipinski definition) is 3. The van der Waals surface area contributed by atoms with Gasteiger partial charge in [0.2, 0.25) is 5.95 Å². The molecule has 0 bridgehead atoms. The highest BCUT2D eigenvalue weighted by Crippen LogP contribution is 2.22. The maximum atomic E-state index is 12.7. The molecule has 0 N–H and O–H groups in total. The number of aryl methyl sites for hydroxylation is 1. The highest BCUT2D eigenvalue weighted by molar-refractivity contribution is 6.30. The molecule has 138 valence electrons. The molecule has 1 fully saturated rings. The van der Waals surface area contributed by atoms with E-state index in [0.29, 0.717) is 18.1 Å². The first-order valence-electron chi connectivity index (χ1n) is 9.02. The first-order valence-corrected chi connectivity index (χ1v) is 9.40. The molecule has 2 aromatic carbocycles. The molecule has 3 aromatic rings. The van der Waals surface area contributed by atoms with Gasteiger partial charge < -0.3 is 9.80 Å². The van der Waals surface area contributed by atoms with Crippen molar-refractivity contribution in [3.05, 3.63) is 77.1 Å². The number of rotatable bonds is 3. The van der Waals surface area contributed by atoms with Crippen LogP contribution in [0, 0.1) is 6.92 Å². The molecule has 27 heavy (non-hydrogen) atoms. The number of halogens is 1. The third-order valence-electron chi connectivity index (χ3n) is 4.82. The monoisotopic (exact) mass is 380 g/mol. The van der Waals surface area contributed by atoms with Gasteiger partial charge in [0.1, 0.15) is 0 Å². The van der Waals surface area contributed by atoms with E-state index in [1.54, 1.807) is 6.20 Å². The second kappa shape index (κ2) is 7.45. The fourth-order valence-electron chi connectivity index (χ4n) is 3.43. The van der Waals surface area contributed by atoms with Crippen molar-refractivity contribution < 1.29 is 4.79 Å². The lowest BCUT2D eigenvalue weighted by Crippen LogP contribution is -2.49. The molecule has 5 nitrogen and oxygen atoms in total. The van der Waals surface area contributed by atoms with Gasteiger partial charge in [-0.2, -0.15) is 0 Å². The van der Waals surface area contributed by atoms with Crippen LogP contribution in [0.15, 0.2) is 60.9 Å². The standard InChI is InChI=1S/C21H21ClN4O/c1-16-4-2-5-17(14-16)20(27)24-10-12-25(13-11-24)21-23-8-9-26(21)19-7-3-6-18(22)15-19/h2-9,14-15H,10-13H2,1H3. The highest BCUT2D eigenvalue weighted by atomic mass is 35.5. The molecule has 0 radical (unpaired) electrons. The molecular formula is C21H21ClN4O. The predicted octanol–water partition coefficient (Wildman–Crippen LogP) is 3.80. The average Bonchev–Trinajstić information content (AvgIpc) is 3.17. The topological polar surface area (TPSA) is 41.4 Å². The third kappa shape index (κ3) is 3.69. The number of amides is 1. The van der Waals surface area contributed by atoms with Crippen LogP contribution in [-0.2, 0) is 0 Å². The summed E-state index contributed by atoms with van der Waals surface area (Å²) in [5, 5.41) is 0.695. The second-order valence-corrected chi connectivity index (χ2v) is 7.16. The zero-order valence-electron chi connectivity index (χ0n) is 15.2. The Hall–Kier alpha value is -2.79. The fourth-order valence-corrected chi connectivity index (χ4v) is 3.61.